The molecule has 1 fully saturated rings. The summed E-state index contributed by atoms with van der Waals surface area (Å²) in [6.07, 6.45) is 1.29. The summed E-state index contributed by atoms with van der Waals surface area (Å²) in [4.78, 5) is 13.6. The van der Waals surface area contributed by atoms with Gasteiger partial charge in [-0.3, -0.25) is 0 Å². The third-order valence-corrected chi connectivity index (χ3v) is 3.35. The summed E-state index contributed by atoms with van der Waals surface area (Å²) < 4.78 is 6.76. The van der Waals surface area contributed by atoms with Crippen molar-refractivity contribution in [3.8, 4) is 5.69 Å². The van der Waals surface area contributed by atoms with Gasteiger partial charge in [-0.2, -0.15) is 0 Å². The Labute approximate surface area is 124 Å². The second-order valence-corrected chi connectivity index (χ2v) is 5.01. The molecule has 8 nitrogen and oxygen atoms in total. The summed E-state index contributed by atoms with van der Waals surface area (Å²) in [5.41, 5.74) is 1.56. The number of benzene rings is 1. The molecule has 1 saturated heterocycles. The van der Waals surface area contributed by atoms with E-state index in [1.54, 1.807) is 6.07 Å². The molecular formula is C12H12ClN5O3. The molecule has 2 aromatic rings. The fraction of sp³-hybridized carbons (Fsp3) is 0.333. The van der Waals surface area contributed by atoms with Crippen LogP contribution in [0.2, 0.25) is 5.02 Å². The Balaban J connectivity index is 1.94. The summed E-state index contributed by atoms with van der Waals surface area (Å²) in [6, 6.07) is 5.40. The highest BCUT2D eigenvalue weighted by molar-refractivity contribution is 6.30. The summed E-state index contributed by atoms with van der Waals surface area (Å²) in [7, 11) is 0. The minimum Gasteiger partial charge on any atom is -0.390 e. The van der Waals surface area contributed by atoms with Crippen molar-refractivity contribution >= 4 is 17.5 Å². The Morgan fingerprint density at radius 1 is 1.48 bits per heavy atom. The first-order chi connectivity index (χ1) is 10.1. The Morgan fingerprint density at radius 2 is 2.33 bits per heavy atom. The number of rotatable bonds is 3. The van der Waals surface area contributed by atoms with Crippen molar-refractivity contribution < 1.29 is 9.66 Å². The summed E-state index contributed by atoms with van der Waals surface area (Å²) in [5.74, 6) is -0.448. The number of morpholine rings is 1. The number of nitrogens with one attached hydrogen (secondary N) is 1. The lowest BCUT2D eigenvalue weighted by Crippen LogP contribution is -2.34. The molecule has 1 aliphatic heterocycles. The molecule has 0 radical (unpaired) electrons. The lowest BCUT2D eigenvalue weighted by molar-refractivity contribution is -0.394. The van der Waals surface area contributed by atoms with E-state index in [1.165, 1.54) is 11.0 Å². The first-order valence-corrected chi connectivity index (χ1v) is 6.69. The fourth-order valence-electron chi connectivity index (χ4n) is 2.17. The van der Waals surface area contributed by atoms with Crippen LogP contribution in [0.3, 0.4) is 0 Å². The standard InChI is InChI=1S/C12H12ClN5O3/c13-9-3-8(11-6-21-2-1-14-11)4-10(5-9)17-7-15-12(16-17)18(19)20/h3-5,7,11,14H,1-2,6H2. The zero-order valence-electron chi connectivity index (χ0n) is 10.9. The number of halogens is 1. The van der Waals surface area contributed by atoms with Crippen LogP contribution in [0.1, 0.15) is 11.6 Å². The molecule has 110 valence electrons. The molecule has 1 unspecified atom stereocenters. The molecule has 21 heavy (non-hydrogen) atoms. The third kappa shape index (κ3) is 3.02. The van der Waals surface area contributed by atoms with Gasteiger partial charge in [-0.25, -0.2) is 0 Å². The Hall–Kier alpha value is -2.03. The molecule has 1 atom stereocenters. The van der Waals surface area contributed by atoms with Crippen LogP contribution in [0, 0.1) is 10.1 Å². The molecule has 9 heteroatoms. The first kappa shape index (κ1) is 13.9. The number of nitrogens with zero attached hydrogens (tertiary/aromatic N) is 4. The maximum atomic E-state index is 10.6. The third-order valence-electron chi connectivity index (χ3n) is 3.14. The number of aromatic nitrogens is 3. The second kappa shape index (κ2) is 5.76. The minimum absolute atomic E-state index is 0.0368. The highest BCUT2D eigenvalue weighted by Gasteiger charge is 2.19. The number of nitro groups is 1. The summed E-state index contributed by atoms with van der Waals surface area (Å²) in [5, 5.41) is 18.3. The highest BCUT2D eigenvalue weighted by Crippen LogP contribution is 2.24. The first-order valence-electron chi connectivity index (χ1n) is 6.31. The van der Waals surface area contributed by atoms with E-state index in [-0.39, 0.29) is 6.04 Å². The largest absolute Gasteiger partial charge is 0.491 e. The molecule has 0 aliphatic carbocycles. The normalized spacial score (nSPS) is 18.6. The van der Waals surface area contributed by atoms with Crippen LogP contribution in [0.4, 0.5) is 5.95 Å². The molecule has 1 aromatic heterocycles. The Bertz CT molecular complexity index is 669. The predicted octanol–water partition coefficient (Wildman–Crippen LogP) is 1.49. The van der Waals surface area contributed by atoms with Crippen molar-refractivity contribution in [1.29, 1.82) is 0 Å². The van der Waals surface area contributed by atoms with E-state index in [1.807, 2.05) is 12.1 Å². The lowest BCUT2D eigenvalue weighted by atomic mass is 10.1. The van der Waals surface area contributed by atoms with E-state index in [0.29, 0.717) is 23.9 Å². The fourth-order valence-corrected chi connectivity index (χ4v) is 2.41. The topological polar surface area (TPSA) is 95.1 Å². The van der Waals surface area contributed by atoms with Crippen LogP contribution < -0.4 is 5.32 Å². The SMILES string of the molecule is O=[N+]([O-])c1ncn(-c2cc(Cl)cc(C3COCCN3)c2)n1. The van der Waals surface area contributed by atoms with Crippen LogP contribution in [0.5, 0.6) is 0 Å². The molecular weight excluding hydrogens is 298 g/mol. The smallest absolute Gasteiger partial charge is 0.390 e. The van der Waals surface area contributed by atoms with Gasteiger partial charge >= 0.3 is 5.95 Å². The zero-order chi connectivity index (χ0) is 14.8. The van der Waals surface area contributed by atoms with Crippen molar-refractivity contribution in [3.63, 3.8) is 0 Å². The second-order valence-electron chi connectivity index (χ2n) is 4.57. The van der Waals surface area contributed by atoms with Gasteiger partial charge in [0.2, 0.25) is 6.33 Å². The van der Waals surface area contributed by atoms with Crippen molar-refractivity contribution in [2.24, 2.45) is 0 Å². The van der Waals surface area contributed by atoms with E-state index in [4.69, 9.17) is 16.3 Å². The molecule has 1 aliphatic rings. The van der Waals surface area contributed by atoms with Gasteiger partial charge in [-0.15, -0.1) is 4.68 Å². The molecule has 2 heterocycles. The number of hydrogen-bond acceptors (Lipinski definition) is 6. The molecule has 1 N–H and O–H groups in total. The Kier molecular flexibility index (Phi) is 3.82. The maximum Gasteiger partial charge on any atom is 0.491 e. The van der Waals surface area contributed by atoms with Crippen molar-refractivity contribution in [3.05, 3.63) is 45.2 Å². The molecule has 3 rings (SSSR count). The summed E-state index contributed by atoms with van der Waals surface area (Å²) >= 11 is 6.12. The van der Waals surface area contributed by atoms with Gasteiger partial charge in [-0.05, 0) is 28.7 Å². The molecule has 0 saturated carbocycles. The molecule has 0 amide bonds. The molecule has 0 spiro atoms. The maximum absolute atomic E-state index is 10.6. The van der Waals surface area contributed by atoms with Crippen LogP contribution in [0.25, 0.3) is 5.69 Å². The van der Waals surface area contributed by atoms with Crippen molar-refractivity contribution in [2.45, 2.75) is 6.04 Å². The van der Waals surface area contributed by atoms with E-state index >= 15 is 0 Å². The van der Waals surface area contributed by atoms with Gasteiger partial charge in [0, 0.05) is 16.7 Å². The van der Waals surface area contributed by atoms with Gasteiger partial charge in [0.1, 0.15) is 0 Å². The summed E-state index contributed by atoms with van der Waals surface area (Å²) in [6.45, 7) is 2.00. The van der Waals surface area contributed by atoms with E-state index in [9.17, 15) is 10.1 Å². The number of ether oxygens (including phenoxy) is 1. The predicted molar refractivity (Wildman–Crippen MR) is 74.6 cm³/mol. The van der Waals surface area contributed by atoms with Crippen LogP contribution in [-0.4, -0.2) is 39.4 Å². The van der Waals surface area contributed by atoms with E-state index in [0.717, 1.165) is 12.1 Å². The van der Waals surface area contributed by atoms with Crippen molar-refractivity contribution in [2.75, 3.05) is 19.8 Å². The van der Waals surface area contributed by atoms with Gasteiger partial charge in [-0.1, -0.05) is 16.6 Å². The van der Waals surface area contributed by atoms with Crippen LogP contribution in [0.15, 0.2) is 24.5 Å². The molecule has 0 bridgehead atoms. The van der Waals surface area contributed by atoms with Gasteiger partial charge in [0.15, 0.2) is 0 Å². The number of hydrogen-bond donors (Lipinski definition) is 1. The van der Waals surface area contributed by atoms with E-state index < -0.39 is 10.9 Å². The zero-order valence-corrected chi connectivity index (χ0v) is 11.7. The average Bonchev–Trinajstić information content (AvgIpc) is 2.98. The highest BCUT2D eigenvalue weighted by atomic mass is 35.5. The quantitative estimate of drug-likeness (QED) is 0.682. The minimum atomic E-state index is -0.640. The van der Waals surface area contributed by atoms with Crippen molar-refractivity contribution in [1.82, 2.24) is 20.1 Å². The lowest BCUT2D eigenvalue weighted by Gasteiger charge is -2.24. The van der Waals surface area contributed by atoms with Gasteiger partial charge in [0.05, 0.1) is 24.9 Å². The van der Waals surface area contributed by atoms with Gasteiger partial charge < -0.3 is 20.2 Å². The van der Waals surface area contributed by atoms with E-state index in [2.05, 4.69) is 15.4 Å². The van der Waals surface area contributed by atoms with Crippen LogP contribution in [-0.2, 0) is 4.74 Å². The average molecular weight is 310 g/mol. The van der Waals surface area contributed by atoms with Gasteiger partial charge in [0.25, 0.3) is 0 Å². The molecule has 1 aromatic carbocycles. The Morgan fingerprint density at radius 3 is 3.00 bits per heavy atom. The van der Waals surface area contributed by atoms with Crippen LogP contribution >= 0.6 is 11.6 Å². The monoisotopic (exact) mass is 309 g/mol.